The van der Waals surface area contributed by atoms with Gasteiger partial charge in [-0.15, -0.1) is 0 Å². The van der Waals surface area contributed by atoms with Crippen molar-refractivity contribution >= 4 is 0 Å². The van der Waals surface area contributed by atoms with Crippen LogP contribution in [0.3, 0.4) is 0 Å². The van der Waals surface area contributed by atoms with Gasteiger partial charge < -0.3 is 9.30 Å². The van der Waals surface area contributed by atoms with E-state index in [2.05, 4.69) is 42.3 Å². The summed E-state index contributed by atoms with van der Waals surface area (Å²) in [6.45, 7) is 8.95. The molecule has 98 valence electrons. The molecule has 0 spiro atoms. The number of nitrogens with zero attached hydrogens (tertiary/aromatic N) is 4. The van der Waals surface area contributed by atoms with Crippen LogP contribution >= 0.6 is 0 Å². The Labute approximate surface area is 107 Å². The molecule has 0 saturated heterocycles. The summed E-state index contributed by atoms with van der Waals surface area (Å²) in [5.41, 5.74) is 1.07. The van der Waals surface area contributed by atoms with E-state index in [0.717, 1.165) is 11.4 Å². The molecule has 5 nitrogen and oxygen atoms in total. The van der Waals surface area contributed by atoms with E-state index in [1.165, 1.54) is 0 Å². The molecule has 0 aliphatic rings. The Kier molecular flexibility index (Phi) is 3.69. The van der Waals surface area contributed by atoms with E-state index in [0.29, 0.717) is 18.7 Å². The van der Waals surface area contributed by atoms with Gasteiger partial charge in [0.25, 0.3) is 0 Å². The molecular formula is C13H20N4O. The molecule has 0 unspecified atom stereocenters. The average Bonchev–Trinajstić information content (AvgIpc) is 2.95. The van der Waals surface area contributed by atoms with Gasteiger partial charge in [0.2, 0.25) is 0 Å². The van der Waals surface area contributed by atoms with Crippen LogP contribution in [0.25, 0.3) is 0 Å². The summed E-state index contributed by atoms with van der Waals surface area (Å²) in [6, 6.07) is 0.744. The lowest BCUT2D eigenvalue weighted by molar-refractivity contribution is 0.291. The van der Waals surface area contributed by atoms with Crippen molar-refractivity contribution in [3.8, 4) is 5.75 Å². The molecule has 0 bridgehead atoms. The van der Waals surface area contributed by atoms with Crippen molar-refractivity contribution in [3.63, 3.8) is 0 Å². The molecule has 0 aromatic carbocycles. The molecule has 0 aliphatic carbocycles. The van der Waals surface area contributed by atoms with Crippen LogP contribution in [0.15, 0.2) is 24.9 Å². The Balaban J connectivity index is 2.00. The first kappa shape index (κ1) is 12.7. The lowest BCUT2D eigenvalue weighted by atomic mass is 10.3. The normalized spacial score (nSPS) is 11.4. The van der Waals surface area contributed by atoms with Gasteiger partial charge in [-0.2, -0.15) is 5.10 Å². The lowest BCUT2D eigenvalue weighted by Gasteiger charge is -2.11. The second-order valence-electron chi connectivity index (χ2n) is 4.92. The quantitative estimate of drug-likeness (QED) is 0.817. The highest BCUT2D eigenvalue weighted by Gasteiger charge is 2.07. The minimum atomic E-state index is 0.351. The third kappa shape index (κ3) is 2.72. The third-order valence-corrected chi connectivity index (χ3v) is 2.80. The molecule has 0 fully saturated rings. The van der Waals surface area contributed by atoms with Gasteiger partial charge in [-0.1, -0.05) is 0 Å². The molecule has 0 amide bonds. The standard InChI is InChI=1S/C13H20N4O/c1-10(2)16-9-14-5-12(16)8-18-13-6-15-17(7-13)11(3)4/h5-7,9-11H,8H2,1-4H3. The zero-order valence-electron chi connectivity index (χ0n) is 11.4. The minimum absolute atomic E-state index is 0.351. The van der Waals surface area contributed by atoms with Crippen LogP contribution in [-0.2, 0) is 6.61 Å². The average molecular weight is 248 g/mol. The van der Waals surface area contributed by atoms with Crippen LogP contribution in [0.5, 0.6) is 5.75 Å². The highest BCUT2D eigenvalue weighted by Crippen LogP contribution is 2.15. The maximum Gasteiger partial charge on any atom is 0.157 e. The van der Waals surface area contributed by atoms with E-state index in [4.69, 9.17) is 4.74 Å². The molecule has 2 rings (SSSR count). The fourth-order valence-corrected chi connectivity index (χ4v) is 1.74. The van der Waals surface area contributed by atoms with E-state index in [1.54, 1.807) is 6.20 Å². The van der Waals surface area contributed by atoms with Gasteiger partial charge in [-0.05, 0) is 27.7 Å². The lowest BCUT2D eigenvalue weighted by Crippen LogP contribution is -2.07. The Hall–Kier alpha value is -1.78. The van der Waals surface area contributed by atoms with Gasteiger partial charge in [0.1, 0.15) is 6.61 Å². The Bertz CT molecular complexity index is 499. The number of aromatic nitrogens is 4. The fourth-order valence-electron chi connectivity index (χ4n) is 1.74. The molecule has 2 aromatic heterocycles. The molecule has 0 aliphatic heterocycles. The molecule has 18 heavy (non-hydrogen) atoms. The van der Waals surface area contributed by atoms with Crippen molar-refractivity contribution in [2.45, 2.75) is 46.4 Å². The smallest absolute Gasteiger partial charge is 0.157 e. The van der Waals surface area contributed by atoms with Gasteiger partial charge in [-0.25, -0.2) is 4.98 Å². The number of ether oxygens (including phenoxy) is 1. The summed E-state index contributed by atoms with van der Waals surface area (Å²) in [7, 11) is 0. The van der Waals surface area contributed by atoms with Crippen molar-refractivity contribution in [1.29, 1.82) is 0 Å². The Morgan fingerprint density at radius 3 is 2.56 bits per heavy atom. The van der Waals surface area contributed by atoms with Crippen LogP contribution in [0.2, 0.25) is 0 Å². The highest BCUT2D eigenvalue weighted by molar-refractivity contribution is 5.13. The highest BCUT2D eigenvalue weighted by atomic mass is 16.5. The third-order valence-electron chi connectivity index (χ3n) is 2.80. The summed E-state index contributed by atoms with van der Waals surface area (Å²) in [5, 5.41) is 4.24. The maximum atomic E-state index is 5.73. The van der Waals surface area contributed by atoms with Crippen LogP contribution in [0.1, 0.15) is 45.5 Å². The van der Waals surface area contributed by atoms with Crippen molar-refractivity contribution in [3.05, 3.63) is 30.6 Å². The summed E-state index contributed by atoms with van der Waals surface area (Å²) in [4.78, 5) is 4.15. The van der Waals surface area contributed by atoms with Gasteiger partial charge in [0.15, 0.2) is 5.75 Å². The second-order valence-corrected chi connectivity index (χ2v) is 4.92. The second kappa shape index (κ2) is 5.25. The Morgan fingerprint density at radius 1 is 1.17 bits per heavy atom. The monoisotopic (exact) mass is 248 g/mol. The number of rotatable bonds is 5. The van der Waals surface area contributed by atoms with Crippen LogP contribution in [0.4, 0.5) is 0 Å². The van der Waals surface area contributed by atoms with Gasteiger partial charge >= 0.3 is 0 Å². The predicted octanol–water partition coefficient (Wildman–Crippen LogP) is 2.82. The van der Waals surface area contributed by atoms with Crippen molar-refractivity contribution in [1.82, 2.24) is 19.3 Å². The van der Waals surface area contributed by atoms with Gasteiger partial charge in [-0.3, -0.25) is 4.68 Å². The van der Waals surface area contributed by atoms with E-state index in [1.807, 2.05) is 23.4 Å². The summed E-state index contributed by atoms with van der Waals surface area (Å²) in [5.74, 6) is 0.792. The topological polar surface area (TPSA) is 44.9 Å². The number of hydrogen-bond donors (Lipinski definition) is 0. The predicted molar refractivity (Wildman–Crippen MR) is 69.6 cm³/mol. The molecule has 0 N–H and O–H groups in total. The van der Waals surface area contributed by atoms with Crippen LogP contribution in [0, 0.1) is 0 Å². The SMILES string of the molecule is CC(C)n1cc(OCc2cncn2C(C)C)cn1. The Morgan fingerprint density at radius 2 is 1.94 bits per heavy atom. The molecular weight excluding hydrogens is 228 g/mol. The van der Waals surface area contributed by atoms with Crippen LogP contribution in [-0.4, -0.2) is 19.3 Å². The first-order valence-corrected chi connectivity index (χ1v) is 6.25. The van der Waals surface area contributed by atoms with E-state index in [9.17, 15) is 0 Å². The first-order valence-electron chi connectivity index (χ1n) is 6.25. The number of hydrogen-bond acceptors (Lipinski definition) is 3. The van der Waals surface area contributed by atoms with Crippen molar-refractivity contribution in [2.75, 3.05) is 0 Å². The molecule has 0 atom stereocenters. The fraction of sp³-hybridized carbons (Fsp3) is 0.538. The summed E-state index contributed by atoms with van der Waals surface area (Å²) >= 11 is 0. The van der Waals surface area contributed by atoms with E-state index >= 15 is 0 Å². The molecule has 0 saturated carbocycles. The maximum absolute atomic E-state index is 5.73. The van der Waals surface area contributed by atoms with Crippen LogP contribution < -0.4 is 4.74 Å². The first-order chi connectivity index (χ1) is 8.58. The molecule has 0 radical (unpaired) electrons. The van der Waals surface area contributed by atoms with E-state index in [-0.39, 0.29) is 0 Å². The minimum Gasteiger partial charge on any atom is -0.484 e. The number of imidazole rings is 1. The summed E-state index contributed by atoms with van der Waals surface area (Å²) < 4.78 is 9.72. The van der Waals surface area contributed by atoms with Gasteiger partial charge in [0, 0.05) is 12.1 Å². The zero-order valence-corrected chi connectivity index (χ0v) is 11.4. The molecule has 2 heterocycles. The molecule has 2 aromatic rings. The zero-order chi connectivity index (χ0) is 13.1. The van der Waals surface area contributed by atoms with Crippen molar-refractivity contribution in [2.24, 2.45) is 0 Å². The van der Waals surface area contributed by atoms with E-state index < -0.39 is 0 Å². The largest absolute Gasteiger partial charge is 0.484 e. The van der Waals surface area contributed by atoms with Gasteiger partial charge in [0.05, 0.1) is 30.6 Å². The van der Waals surface area contributed by atoms with Crippen molar-refractivity contribution < 1.29 is 4.74 Å². The summed E-state index contributed by atoms with van der Waals surface area (Å²) in [6.07, 6.45) is 7.34. The molecule has 5 heteroatoms.